The van der Waals surface area contributed by atoms with E-state index in [1.165, 1.54) is 11.8 Å². The van der Waals surface area contributed by atoms with Crippen LogP contribution in [0.1, 0.15) is 5.56 Å². The Morgan fingerprint density at radius 1 is 1.29 bits per heavy atom. The van der Waals surface area contributed by atoms with Crippen LogP contribution in [-0.2, 0) is 0 Å². The van der Waals surface area contributed by atoms with Gasteiger partial charge in [0.1, 0.15) is 10.9 Å². The van der Waals surface area contributed by atoms with Crippen molar-refractivity contribution in [3.63, 3.8) is 0 Å². The normalized spacial score (nSPS) is 10.1. The SMILES string of the molecule is Cc1ccc(Oc2ncc(Cl)[nH]2)cc1. The molecule has 0 aliphatic heterocycles. The Bertz CT molecular complexity index is 422. The highest BCUT2D eigenvalue weighted by Gasteiger charge is 2.00. The Morgan fingerprint density at radius 2 is 2.00 bits per heavy atom. The molecule has 2 aromatic rings. The maximum Gasteiger partial charge on any atom is 0.300 e. The lowest BCUT2D eigenvalue weighted by Gasteiger charge is -2.01. The molecule has 14 heavy (non-hydrogen) atoms. The first kappa shape index (κ1) is 9.09. The smallest absolute Gasteiger partial charge is 0.300 e. The lowest BCUT2D eigenvalue weighted by atomic mass is 10.2. The minimum absolute atomic E-state index is 0.402. The van der Waals surface area contributed by atoms with Crippen molar-refractivity contribution in [2.75, 3.05) is 0 Å². The van der Waals surface area contributed by atoms with Gasteiger partial charge in [0, 0.05) is 0 Å². The molecule has 1 aromatic carbocycles. The molecule has 4 heteroatoms. The summed E-state index contributed by atoms with van der Waals surface area (Å²) in [4.78, 5) is 6.69. The Labute approximate surface area is 86.7 Å². The van der Waals surface area contributed by atoms with Crippen molar-refractivity contribution < 1.29 is 4.74 Å². The number of H-pyrrole nitrogens is 1. The standard InChI is InChI=1S/C10H9ClN2O/c1-7-2-4-8(5-3-7)14-10-12-6-9(11)13-10/h2-6H,1H3,(H,12,13). The number of aromatic nitrogens is 2. The minimum atomic E-state index is 0.402. The summed E-state index contributed by atoms with van der Waals surface area (Å²) in [7, 11) is 0. The predicted molar refractivity (Wildman–Crippen MR) is 54.9 cm³/mol. The molecule has 1 N–H and O–H groups in total. The second-order valence-electron chi connectivity index (χ2n) is 2.95. The third-order valence-electron chi connectivity index (χ3n) is 1.76. The van der Waals surface area contributed by atoms with Gasteiger partial charge in [-0.2, -0.15) is 0 Å². The molecule has 1 heterocycles. The van der Waals surface area contributed by atoms with Crippen LogP contribution in [0.3, 0.4) is 0 Å². The van der Waals surface area contributed by atoms with E-state index in [1.54, 1.807) is 0 Å². The zero-order valence-electron chi connectivity index (χ0n) is 7.62. The number of nitrogens with one attached hydrogen (secondary N) is 1. The molecule has 1 aromatic heterocycles. The van der Waals surface area contributed by atoms with Gasteiger partial charge in [-0.1, -0.05) is 29.3 Å². The molecule has 0 saturated carbocycles. The summed E-state index contributed by atoms with van der Waals surface area (Å²) in [5.41, 5.74) is 1.19. The molecule has 0 saturated heterocycles. The summed E-state index contributed by atoms with van der Waals surface area (Å²) in [5, 5.41) is 0.465. The monoisotopic (exact) mass is 208 g/mol. The van der Waals surface area contributed by atoms with E-state index in [9.17, 15) is 0 Å². The number of hydrogen-bond donors (Lipinski definition) is 1. The average molecular weight is 209 g/mol. The van der Waals surface area contributed by atoms with Gasteiger partial charge in [0.05, 0.1) is 6.20 Å². The van der Waals surface area contributed by atoms with Crippen LogP contribution in [0.2, 0.25) is 5.15 Å². The molecular weight excluding hydrogens is 200 g/mol. The van der Waals surface area contributed by atoms with E-state index in [2.05, 4.69) is 9.97 Å². The number of ether oxygens (including phenoxy) is 1. The fourth-order valence-electron chi connectivity index (χ4n) is 1.05. The predicted octanol–water partition coefficient (Wildman–Crippen LogP) is 3.16. The lowest BCUT2D eigenvalue weighted by molar-refractivity contribution is 0.447. The van der Waals surface area contributed by atoms with Crippen molar-refractivity contribution in [1.29, 1.82) is 0 Å². The Hall–Kier alpha value is -1.48. The van der Waals surface area contributed by atoms with E-state index in [1.807, 2.05) is 31.2 Å². The average Bonchev–Trinajstić information content (AvgIpc) is 2.56. The van der Waals surface area contributed by atoms with Crippen molar-refractivity contribution in [2.24, 2.45) is 0 Å². The molecule has 72 valence electrons. The number of aryl methyl sites for hydroxylation is 1. The minimum Gasteiger partial charge on any atom is -0.426 e. The second kappa shape index (κ2) is 3.72. The van der Waals surface area contributed by atoms with Gasteiger partial charge < -0.3 is 4.74 Å². The fraction of sp³-hybridized carbons (Fsp3) is 0.100. The van der Waals surface area contributed by atoms with E-state index in [4.69, 9.17) is 16.3 Å². The van der Waals surface area contributed by atoms with Gasteiger partial charge in [0.25, 0.3) is 6.01 Å². The number of aromatic amines is 1. The maximum atomic E-state index is 5.65. The fourth-order valence-corrected chi connectivity index (χ4v) is 1.18. The quantitative estimate of drug-likeness (QED) is 0.823. The van der Waals surface area contributed by atoms with E-state index in [0.717, 1.165) is 5.75 Å². The molecule has 0 bridgehead atoms. The molecule has 0 spiro atoms. The largest absolute Gasteiger partial charge is 0.426 e. The second-order valence-corrected chi connectivity index (χ2v) is 3.36. The number of halogens is 1. The number of imidazole rings is 1. The third kappa shape index (κ3) is 2.06. The first-order valence-corrected chi connectivity index (χ1v) is 4.57. The Balaban J connectivity index is 2.15. The van der Waals surface area contributed by atoms with Crippen molar-refractivity contribution in [3.05, 3.63) is 41.2 Å². The van der Waals surface area contributed by atoms with Gasteiger partial charge >= 0.3 is 0 Å². The molecule has 0 unspecified atom stereocenters. The van der Waals surface area contributed by atoms with Gasteiger partial charge in [0.2, 0.25) is 0 Å². The van der Waals surface area contributed by atoms with Gasteiger partial charge in [-0.05, 0) is 19.1 Å². The molecule has 0 aliphatic rings. The van der Waals surface area contributed by atoms with Crippen LogP contribution in [0.15, 0.2) is 30.5 Å². The Kier molecular flexibility index (Phi) is 2.41. The van der Waals surface area contributed by atoms with Crippen LogP contribution >= 0.6 is 11.6 Å². The van der Waals surface area contributed by atoms with Crippen LogP contribution in [0, 0.1) is 6.92 Å². The molecule has 0 aliphatic carbocycles. The highest BCUT2D eigenvalue weighted by molar-refractivity contribution is 6.29. The van der Waals surface area contributed by atoms with Gasteiger partial charge in [0.15, 0.2) is 0 Å². The molecule has 2 rings (SSSR count). The van der Waals surface area contributed by atoms with E-state index in [-0.39, 0.29) is 0 Å². The molecule has 0 atom stereocenters. The molecule has 0 radical (unpaired) electrons. The van der Waals surface area contributed by atoms with Crippen LogP contribution < -0.4 is 4.74 Å². The third-order valence-corrected chi connectivity index (χ3v) is 1.95. The number of hydrogen-bond acceptors (Lipinski definition) is 2. The Morgan fingerprint density at radius 3 is 2.57 bits per heavy atom. The van der Waals surface area contributed by atoms with Crippen molar-refractivity contribution in [1.82, 2.24) is 9.97 Å². The van der Waals surface area contributed by atoms with Gasteiger partial charge in [-0.3, -0.25) is 4.98 Å². The summed E-state index contributed by atoms with van der Waals surface area (Å²) in [6.07, 6.45) is 1.51. The van der Waals surface area contributed by atoms with Crippen LogP contribution in [0.5, 0.6) is 11.8 Å². The molecule has 0 amide bonds. The van der Waals surface area contributed by atoms with Crippen molar-refractivity contribution in [2.45, 2.75) is 6.92 Å². The number of benzene rings is 1. The molecule has 3 nitrogen and oxygen atoms in total. The highest BCUT2D eigenvalue weighted by atomic mass is 35.5. The number of rotatable bonds is 2. The van der Waals surface area contributed by atoms with Crippen molar-refractivity contribution >= 4 is 11.6 Å². The van der Waals surface area contributed by atoms with Crippen LogP contribution in [0.25, 0.3) is 0 Å². The summed E-state index contributed by atoms with van der Waals surface area (Å²) < 4.78 is 5.40. The van der Waals surface area contributed by atoms with Gasteiger partial charge in [-0.25, -0.2) is 4.98 Å². The maximum absolute atomic E-state index is 5.65. The van der Waals surface area contributed by atoms with E-state index < -0.39 is 0 Å². The molecular formula is C10H9ClN2O. The van der Waals surface area contributed by atoms with E-state index >= 15 is 0 Å². The number of nitrogens with zero attached hydrogens (tertiary/aromatic N) is 1. The summed E-state index contributed by atoms with van der Waals surface area (Å²) >= 11 is 5.65. The first-order valence-electron chi connectivity index (χ1n) is 4.19. The van der Waals surface area contributed by atoms with Crippen LogP contribution in [0.4, 0.5) is 0 Å². The van der Waals surface area contributed by atoms with Crippen LogP contribution in [-0.4, -0.2) is 9.97 Å². The van der Waals surface area contributed by atoms with Crippen molar-refractivity contribution in [3.8, 4) is 11.8 Å². The van der Waals surface area contributed by atoms with E-state index in [0.29, 0.717) is 11.2 Å². The summed E-state index contributed by atoms with van der Waals surface area (Å²) in [5.74, 6) is 0.738. The first-order chi connectivity index (χ1) is 6.74. The topological polar surface area (TPSA) is 37.9 Å². The zero-order valence-corrected chi connectivity index (χ0v) is 8.38. The highest BCUT2D eigenvalue weighted by Crippen LogP contribution is 2.19. The molecule has 0 fully saturated rings. The lowest BCUT2D eigenvalue weighted by Crippen LogP contribution is -1.85. The van der Waals surface area contributed by atoms with Gasteiger partial charge in [-0.15, -0.1) is 0 Å². The summed E-state index contributed by atoms with van der Waals surface area (Å²) in [6, 6.07) is 8.11. The zero-order chi connectivity index (χ0) is 9.97. The summed E-state index contributed by atoms with van der Waals surface area (Å²) in [6.45, 7) is 2.02.